The third-order valence-electron chi connectivity index (χ3n) is 3.32. The van der Waals surface area contributed by atoms with Crippen LogP contribution in [0.5, 0.6) is 0 Å². The molecular formula is C16H18FN. The van der Waals surface area contributed by atoms with Crippen LogP contribution in [0.4, 0.5) is 4.39 Å². The molecule has 0 amide bonds. The predicted molar refractivity (Wildman–Crippen MR) is 73.9 cm³/mol. The fourth-order valence-corrected chi connectivity index (χ4v) is 2.08. The molecule has 1 nitrogen and oxygen atoms in total. The summed E-state index contributed by atoms with van der Waals surface area (Å²) in [4.78, 5) is 0. The molecule has 2 aromatic carbocycles. The van der Waals surface area contributed by atoms with Gasteiger partial charge < -0.3 is 5.73 Å². The first-order chi connectivity index (χ1) is 8.49. The van der Waals surface area contributed by atoms with Gasteiger partial charge in [-0.05, 0) is 60.7 Å². The molecular weight excluding hydrogens is 225 g/mol. The molecule has 0 heterocycles. The molecule has 0 spiro atoms. The van der Waals surface area contributed by atoms with E-state index in [1.54, 1.807) is 12.1 Å². The molecule has 94 valence electrons. The van der Waals surface area contributed by atoms with E-state index < -0.39 is 0 Å². The van der Waals surface area contributed by atoms with Gasteiger partial charge in [0.2, 0.25) is 0 Å². The van der Waals surface area contributed by atoms with Crippen molar-refractivity contribution in [3.8, 4) is 11.1 Å². The smallest absolute Gasteiger partial charge is 0.123 e. The molecule has 0 aliphatic heterocycles. The zero-order valence-electron chi connectivity index (χ0n) is 11.0. The monoisotopic (exact) mass is 243 g/mol. The summed E-state index contributed by atoms with van der Waals surface area (Å²) in [5.41, 5.74) is 11.3. The zero-order chi connectivity index (χ0) is 13.3. The van der Waals surface area contributed by atoms with Crippen LogP contribution >= 0.6 is 0 Å². The minimum atomic E-state index is -0.229. The molecule has 0 bridgehead atoms. The van der Waals surface area contributed by atoms with Crippen LogP contribution in [0.1, 0.15) is 29.7 Å². The van der Waals surface area contributed by atoms with E-state index in [9.17, 15) is 4.39 Å². The van der Waals surface area contributed by atoms with Crippen LogP contribution in [-0.4, -0.2) is 0 Å². The molecule has 2 heteroatoms. The van der Waals surface area contributed by atoms with Crippen LogP contribution in [0, 0.1) is 19.7 Å². The minimum absolute atomic E-state index is 0.109. The fourth-order valence-electron chi connectivity index (χ4n) is 2.08. The van der Waals surface area contributed by atoms with E-state index in [-0.39, 0.29) is 11.9 Å². The van der Waals surface area contributed by atoms with E-state index in [0.29, 0.717) is 0 Å². The van der Waals surface area contributed by atoms with Gasteiger partial charge in [-0.1, -0.05) is 24.3 Å². The first-order valence-corrected chi connectivity index (χ1v) is 6.11. The lowest BCUT2D eigenvalue weighted by Crippen LogP contribution is -2.07. The predicted octanol–water partition coefficient (Wildman–Crippen LogP) is 4.13. The van der Waals surface area contributed by atoms with Crippen molar-refractivity contribution in [2.45, 2.75) is 26.8 Å². The molecule has 0 aliphatic rings. The van der Waals surface area contributed by atoms with Gasteiger partial charge in [-0.25, -0.2) is 4.39 Å². The highest BCUT2D eigenvalue weighted by Gasteiger charge is 2.10. The molecule has 0 aliphatic carbocycles. The SMILES string of the molecule is Cc1ccc(-c2cc(F)ccc2C(C)N)cc1C. The van der Waals surface area contributed by atoms with Gasteiger partial charge in [0.05, 0.1) is 0 Å². The molecule has 18 heavy (non-hydrogen) atoms. The zero-order valence-corrected chi connectivity index (χ0v) is 11.0. The van der Waals surface area contributed by atoms with Gasteiger partial charge >= 0.3 is 0 Å². The Morgan fingerprint density at radius 3 is 2.33 bits per heavy atom. The van der Waals surface area contributed by atoms with Crippen LogP contribution in [0.15, 0.2) is 36.4 Å². The lowest BCUT2D eigenvalue weighted by atomic mass is 9.94. The van der Waals surface area contributed by atoms with E-state index in [2.05, 4.69) is 26.0 Å². The first-order valence-electron chi connectivity index (χ1n) is 6.11. The maximum Gasteiger partial charge on any atom is 0.123 e. The van der Waals surface area contributed by atoms with Crippen molar-refractivity contribution in [1.29, 1.82) is 0 Å². The van der Waals surface area contributed by atoms with Gasteiger partial charge in [0, 0.05) is 6.04 Å². The lowest BCUT2D eigenvalue weighted by molar-refractivity contribution is 0.626. The third-order valence-corrected chi connectivity index (χ3v) is 3.32. The highest BCUT2D eigenvalue weighted by atomic mass is 19.1. The summed E-state index contributed by atoms with van der Waals surface area (Å²) in [6.07, 6.45) is 0. The van der Waals surface area contributed by atoms with Crippen molar-refractivity contribution in [2.75, 3.05) is 0 Å². The summed E-state index contributed by atoms with van der Waals surface area (Å²) in [7, 11) is 0. The second-order valence-corrected chi connectivity index (χ2v) is 4.82. The van der Waals surface area contributed by atoms with Gasteiger partial charge in [-0.15, -0.1) is 0 Å². The summed E-state index contributed by atoms with van der Waals surface area (Å²) in [6.45, 7) is 6.04. The van der Waals surface area contributed by atoms with Crippen molar-refractivity contribution >= 4 is 0 Å². The van der Waals surface area contributed by atoms with E-state index in [1.165, 1.54) is 17.2 Å². The van der Waals surface area contributed by atoms with Gasteiger partial charge in [0.15, 0.2) is 0 Å². The van der Waals surface area contributed by atoms with Gasteiger partial charge in [0.25, 0.3) is 0 Å². The summed E-state index contributed by atoms with van der Waals surface area (Å²) >= 11 is 0. The summed E-state index contributed by atoms with van der Waals surface area (Å²) in [6, 6.07) is 10.8. The van der Waals surface area contributed by atoms with E-state index in [1.807, 2.05) is 13.0 Å². The van der Waals surface area contributed by atoms with Crippen LogP contribution in [0.25, 0.3) is 11.1 Å². The molecule has 0 saturated heterocycles. The summed E-state index contributed by atoms with van der Waals surface area (Å²) in [5.74, 6) is -0.229. The Bertz CT molecular complexity index is 573. The lowest BCUT2D eigenvalue weighted by Gasteiger charge is -2.14. The van der Waals surface area contributed by atoms with Crippen molar-refractivity contribution < 1.29 is 4.39 Å². The Labute approximate surface area is 107 Å². The highest BCUT2D eigenvalue weighted by molar-refractivity contribution is 5.69. The van der Waals surface area contributed by atoms with Gasteiger partial charge in [-0.2, -0.15) is 0 Å². The Morgan fingerprint density at radius 1 is 1.00 bits per heavy atom. The second kappa shape index (κ2) is 4.91. The fraction of sp³-hybridized carbons (Fsp3) is 0.250. The van der Waals surface area contributed by atoms with Crippen LogP contribution in [-0.2, 0) is 0 Å². The van der Waals surface area contributed by atoms with Crippen molar-refractivity contribution in [1.82, 2.24) is 0 Å². The molecule has 2 N–H and O–H groups in total. The molecule has 0 fully saturated rings. The number of aryl methyl sites for hydroxylation is 2. The standard InChI is InChI=1S/C16H18FN/c1-10-4-5-13(8-11(10)2)16-9-14(17)6-7-15(16)12(3)18/h4-9,12H,18H2,1-3H3. The van der Waals surface area contributed by atoms with Crippen molar-refractivity contribution in [3.05, 3.63) is 58.9 Å². The molecule has 0 radical (unpaired) electrons. The highest BCUT2D eigenvalue weighted by Crippen LogP contribution is 2.29. The van der Waals surface area contributed by atoms with Crippen molar-refractivity contribution in [2.24, 2.45) is 5.73 Å². The van der Waals surface area contributed by atoms with Crippen LogP contribution < -0.4 is 5.73 Å². The van der Waals surface area contributed by atoms with Crippen LogP contribution in [0.2, 0.25) is 0 Å². The van der Waals surface area contributed by atoms with Gasteiger partial charge in [-0.3, -0.25) is 0 Å². The first kappa shape index (κ1) is 12.8. The Hall–Kier alpha value is -1.67. The molecule has 0 aromatic heterocycles. The minimum Gasteiger partial charge on any atom is -0.324 e. The largest absolute Gasteiger partial charge is 0.324 e. The Morgan fingerprint density at radius 2 is 1.72 bits per heavy atom. The second-order valence-electron chi connectivity index (χ2n) is 4.82. The number of halogens is 1. The Kier molecular flexibility index (Phi) is 3.48. The topological polar surface area (TPSA) is 26.0 Å². The number of hydrogen-bond acceptors (Lipinski definition) is 1. The molecule has 2 rings (SSSR count). The van der Waals surface area contributed by atoms with Crippen LogP contribution in [0.3, 0.4) is 0 Å². The number of nitrogens with two attached hydrogens (primary N) is 1. The van der Waals surface area contributed by atoms with E-state index >= 15 is 0 Å². The molecule has 1 atom stereocenters. The maximum atomic E-state index is 13.4. The number of benzene rings is 2. The molecule has 2 aromatic rings. The van der Waals surface area contributed by atoms with Gasteiger partial charge in [0.1, 0.15) is 5.82 Å². The normalized spacial score (nSPS) is 12.5. The molecule has 1 unspecified atom stereocenters. The Balaban J connectivity index is 2.61. The third kappa shape index (κ3) is 2.44. The number of rotatable bonds is 2. The quantitative estimate of drug-likeness (QED) is 0.843. The molecule has 0 saturated carbocycles. The summed E-state index contributed by atoms with van der Waals surface area (Å²) in [5, 5.41) is 0. The maximum absolute atomic E-state index is 13.4. The van der Waals surface area contributed by atoms with Crippen molar-refractivity contribution in [3.63, 3.8) is 0 Å². The summed E-state index contributed by atoms with van der Waals surface area (Å²) < 4.78 is 13.4. The average Bonchev–Trinajstić information content (AvgIpc) is 2.32. The number of hydrogen-bond donors (Lipinski definition) is 1. The average molecular weight is 243 g/mol. The van der Waals surface area contributed by atoms with E-state index in [4.69, 9.17) is 5.73 Å². The van der Waals surface area contributed by atoms with E-state index in [0.717, 1.165) is 16.7 Å².